The predicted octanol–water partition coefficient (Wildman–Crippen LogP) is 3.18. The zero-order valence-corrected chi connectivity index (χ0v) is 21.8. The Morgan fingerprint density at radius 2 is 2.08 bits per heavy atom. The maximum atomic E-state index is 13.6. The number of thiazole rings is 1. The molecule has 0 bridgehead atoms. The van der Waals surface area contributed by atoms with E-state index in [1.807, 2.05) is 0 Å². The number of aromatic nitrogens is 1. The molecule has 0 amide bonds. The molecule has 1 aliphatic rings. The number of carbonyl (C=O) groups excluding carboxylic acids is 1. The number of hydrogen-bond donors (Lipinski definition) is 1. The summed E-state index contributed by atoms with van der Waals surface area (Å²) in [5, 5.41) is 21.4. The number of nitrogens with zero attached hydrogens (tertiary/aromatic N) is 3. The number of aromatic hydroxyl groups is 1. The zero-order chi connectivity index (χ0) is 26.1. The van der Waals surface area contributed by atoms with Crippen LogP contribution in [0.2, 0.25) is 0 Å². The normalized spacial score (nSPS) is 15.3. The van der Waals surface area contributed by atoms with Crippen LogP contribution < -0.4 is 19.6 Å². The molecule has 0 unspecified atom stereocenters. The van der Waals surface area contributed by atoms with E-state index < -0.39 is 22.5 Å². The molecule has 12 heteroatoms. The highest BCUT2D eigenvalue weighted by Crippen LogP contribution is 2.35. The molecule has 10 nitrogen and oxygen atoms in total. The summed E-state index contributed by atoms with van der Waals surface area (Å²) in [5.41, 5.74) is 0.636. The topological polar surface area (TPSA) is 133 Å². The molecule has 0 radical (unpaired) electrons. The third kappa shape index (κ3) is 4.56. The minimum Gasteiger partial charge on any atom is -0.507 e. The Hall–Kier alpha value is -3.77. The molecule has 2 heterocycles. The van der Waals surface area contributed by atoms with Gasteiger partial charge in [-0.3, -0.25) is 19.5 Å². The number of carbonyl (C=O) groups is 1. The Kier molecular flexibility index (Phi) is 7.09. The van der Waals surface area contributed by atoms with E-state index in [4.69, 9.17) is 9.47 Å². The third-order valence-electron chi connectivity index (χ3n) is 5.52. The summed E-state index contributed by atoms with van der Waals surface area (Å²) in [6, 6.07) is 7.92. The summed E-state index contributed by atoms with van der Waals surface area (Å²) in [6.07, 6.45) is 1.37. The van der Waals surface area contributed by atoms with Crippen LogP contribution in [0.3, 0.4) is 0 Å². The number of benzene rings is 2. The quantitative estimate of drug-likeness (QED) is 0.272. The Bertz CT molecular complexity index is 1610. The first kappa shape index (κ1) is 25.3. The molecular formula is C24H20BrN3O7S. The molecule has 1 aliphatic heterocycles. The first-order valence-corrected chi connectivity index (χ1v) is 12.3. The summed E-state index contributed by atoms with van der Waals surface area (Å²) in [7, 11) is 1.53. The van der Waals surface area contributed by atoms with E-state index in [-0.39, 0.29) is 33.7 Å². The Morgan fingerprint density at radius 3 is 2.72 bits per heavy atom. The minimum atomic E-state index is -0.844. The van der Waals surface area contributed by atoms with Crippen molar-refractivity contribution >= 4 is 45.0 Å². The van der Waals surface area contributed by atoms with Crippen molar-refractivity contribution in [2.75, 3.05) is 13.7 Å². The smallest absolute Gasteiger partial charge is 0.338 e. The number of allylic oxidation sites excluding steroid dienone is 1. The minimum absolute atomic E-state index is 0.111. The summed E-state index contributed by atoms with van der Waals surface area (Å²) in [4.78, 5) is 42.0. The molecule has 2 aromatic carbocycles. The number of fused-ring (bicyclic) bond motifs is 1. The van der Waals surface area contributed by atoms with Gasteiger partial charge in [-0.05, 0) is 59.6 Å². The SMILES string of the molecule is CCOC(=O)C1=C(C)N=c2s/c(=C/c3cc([N+](=O)[O-])ccc3O)c(=O)n2[C@H]1c1ccc(OC)c(Br)c1. The van der Waals surface area contributed by atoms with Crippen molar-refractivity contribution in [3.63, 3.8) is 0 Å². The van der Waals surface area contributed by atoms with Gasteiger partial charge in [-0.1, -0.05) is 17.4 Å². The number of nitro benzene ring substituents is 1. The zero-order valence-electron chi connectivity index (χ0n) is 19.4. The Labute approximate surface area is 216 Å². The number of ether oxygens (including phenoxy) is 2. The number of methoxy groups -OCH3 is 1. The van der Waals surface area contributed by atoms with Gasteiger partial charge in [0, 0.05) is 17.7 Å². The molecule has 0 aliphatic carbocycles. The van der Waals surface area contributed by atoms with Crippen molar-refractivity contribution in [2.45, 2.75) is 19.9 Å². The van der Waals surface area contributed by atoms with E-state index >= 15 is 0 Å². The number of nitro groups is 1. The monoisotopic (exact) mass is 573 g/mol. The fourth-order valence-corrected chi connectivity index (χ4v) is 5.47. The van der Waals surface area contributed by atoms with Gasteiger partial charge in [0.25, 0.3) is 11.2 Å². The van der Waals surface area contributed by atoms with Crippen LogP contribution in [0.5, 0.6) is 11.5 Å². The van der Waals surface area contributed by atoms with Gasteiger partial charge in [-0.15, -0.1) is 0 Å². The van der Waals surface area contributed by atoms with Gasteiger partial charge in [0.15, 0.2) is 4.80 Å². The van der Waals surface area contributed by atoms with Gasteiger partial charge in [0.1, 0.15) is 11.5 Å². The summed E-state index contributed by atoms with van der Waals surface area (Å²) < 4.78 is 12.8. The average Bonchev–Trinajstić information content (AvgIpc) is 3.13. The van der Waals surface area contributed by atoms with Crippen molar-refractivity contribution in [1.82, 2.24) is 4.57 Å². The second-order valence-electron chi connectivity index (χ2n) is 7.70. The molecule has 0 fully saturated rings. The molecule has 1 atom stereocenters. The second-order valence-corrected chi connectivity index (χ2v) is 9.56. The van der Waals surface area contributed by atoms with Crippen LogP contribution in [-0.4, -0.2) is 34.3 Å². The standard InChI is InChI=1S/C24H20BrN3O7S/c1-4-35-23(31)20-12(2)26-24-27(21(20)13-5-8-18(34-3)16(25)10-13)22(30)19(36-24)11-14-9-15(28(32)33)6-7-17(14)29/h5-11,21,29H,4H2,1-3H3/b19-11+/t21-/m0/s1. The fraction of sp³-hybridized carbons (Fsp3) is 0.208. The summed E-state index contributed by atoms with van der Waals surface area (Å²) in [5.74, 6) is -0.238. The van der Waals surface area contributed by atoms with Gasteiger partial charge in [0.2, 0.25) is 0 Å². The van der Waals surface area contributed by atoms with E-state index in [0.717, 1.165) is 11.3 Å². The largest absolute Gasteiger partial charge is 0.507 e. The number of phenols is 1. The van der Waals surface area contributed by atoms with E-state index in [1.165, 1.54) is 36.0 Å². The average molecular weight is 574 g/mol. The van der Waals surface area contributed by atoms with E-state index in [2.05, 4.69) is 20.9 Å². The first-order chi connectivity index (χ1) is 17.2. The lowest BCUT2D eigenvalue weighted by atomic mass is 9.96. The molecule has 0 saturated carbocycles. The highest BCUT2D eigenvalue weighted by molar-refractivity contribution is 9.10. The molecule has 0 saturated heterocycles. The number of phenolic OH excluding ortho intramolecular Hbond substituents is 1. The van der Waals surface area contributed by atoms with Crippen molar-refractivity contribution in [2.24, 2.45) is 4.99 Å². The van der Waals surface area contributed by atoms with Crippen molar-refractivity contribution in [3.05, 3.63) is 93.1 Å². The van der Waals surface area contributed by atoms with Gasteiger partial charge in [-0.25, -0.2) is 9.79 Å². The second kappa shape index (κ2) is 10.1. The highest BCUT2D eigenvalue weighted by atomic mass is 79.9. The molecule has 4 rings (SSSR count). The number of hydrogen-bond acceptors (Lipinski definition) is 9. The third-order valence-corrected chi connectivity index (χ3v) is 7.12. The van der Waals surface area contributed by atoms with Crippen LogP contribution in [0, 0.1) is 10.1 Å². The molecule has 1 aromatic heterocycles. The van der Waals surface area contributed by atoms with Crippen LogP contribution in [0.1, 0.15) is 31.0 Å². The molecule has 36 heavy (non-hydrogen) atoms. The number of halogens is 1. The lowest BCUT2D eigenvalue weighted by molar-refractivity contribution is -0.384. The van der Waals surface area contributed by atoms with Crippen LogP contribution >= 0.6 is 27.3 Å². The van der Waals surface area contributed by atoms with Gasteiger partial charge >= 0.3 is 5.97 Å². The number of non-ortho nitro benzene ring substituents is 1. The molecular weight excluding hydrogens is 554 g/mol. The molecule has 186 valence electrons. The lowest BCUT2D eigenvalue weighted by Gasteiger charge is -2.25. The van der Waals surface area contributed by atoms with Gasteiger partial charge in [0.05, 0.1) is 45.0 Å². The maximum Gasteiger partial charge on any atom is 0.338 e. The summed E-state index contributed by atoms with van der Waals surface area (Å²) in [6.45, 7) is 3.50. The molecule has 3 aromatic rings. The van der Waals surface area contributed by atoms with Crippen LogP contribution in [-0.2, 0) is 9.53 Å². The van der Waals surface area contributed by atoms with Gasteiger partial charge in [-0.2, -0.15) is 0 Å². The molecule has 0 spiro atoms. The van der Waals surface area contributed by atoms with E-state index in [0.29, 0.717) is 26.3 Å². The van der Waals surface area contributed by atoms with Crippen molar-refractivity contribution < 1.29 is 24.3 Å². The number of rotatable bonds is 6. The Morgan fingerprint density at radius 1 is 1.33 bits per heavy atom. The van der Waals surface area contributed by atoms with E-state index in [1.54, 1.807) is 32.0 Å². The number of esters is 1. The fourth-order valence-electron chi connectivity index (χ4n) is 3.87. The first-order valence-electron chi connectivity index (χ1n) is 10.7. The molecule has 1 N–H and O–H groups in total. The van der Waals surface area contributed by atoms with Crippen molar-refractivity contribution in [1.29, 1.82) is 0 Å². The maximum absolute atomic E-state index is 13.6. The van der Waals surface area contributed by atoms with Crippen LogP contribution in [0.25, 0.3) is 6.08 Å². The Balaban J connectivity index is 1.98. The van der Waals surface area contributed by atoms with E-state index in [9.17, 15) is 24.8 Å². The van der Waals surface area contributed by atoms with Crippen LogP contribution in [0.4, 0.5) is 5.69 Å². The van der Waals surface area contributed by atoms with Crippen molar-refractivity contribution in [3.8, 4) is 11.5 Å². The van der Waals surface area contributed by atoms with Gasteiger partial charge < -0.3 is 14.6 Å². The summed E-state index contributed by atoms with van der Waals surface area (Å²) >= 11 is 4.50. The lowest BCUT2D eigenvalue weighted by Crippen LogP contribution is -2.40. The van der Waals surface area contributed by atoms with Crippen LogP contribution in [0.15, 0.2) is 61.9 Å². The predicted molar refractivity (Wildman–Crippen MR) is 136 cm³/mol. The highest BCUT2D eigenvalue weighted by Gasteiger charge is 2.33.